The molecule has 0 bridgehead atoms. The fraction of sp³-hybridized carbons (Fsp3) is 0.286. The summed E-state index contributed by atoms with van der Waals surface area (Å²) in [6, 6.07) is 5.76. The third-order valence-corrected chi connectivity index (χ3v) is 2.92. The quantitative estimate of drug-likeness (QED) is 0.913. The molecular formula is C14H18N4O. The molecule has 0 atom stereocenters. The van der Waals surface area contributed by atoms with Crippen LogP contribution in [0.4, 0.5) is 11.6 Å². The number of pyridine rings is 2. The maximum absolute atomic E-state index is 6.03. The molecule has 2 rings (SSSR count). The maximum Gasteiger partial charge on any atom is 0.140 e. The van der Waals surface area contributed by atoms with E-state index >= 15 is 0 Å². The van der Waals surface area contributed by atoms with Crippen molar-refractivity contribution < 1.29 is 4.74 Å². The average molecular weight is 258 g/mol. The normalized spacial score (nSPS) is 10.3. The number of hydrogen-bond donors (Lipinski definition) is 1. The maximum atomic E-state index is 6.03. The summed E-state index contributed by atoms with van der Waals surface area (Å²) < 4.78 is 5.31. The van der Waals surface area contributed by atoms with Crippen molar-refractivity contribution in [1.82, 2.24) is 9.97 Å². The molecule has 100 valence electrons. The third-order valence-electron chi connectivity index (χ3n) is 2.92. The summed E-state index contributed by atoms with van der Waals surface area (Å²) in [6.45, 7) is 1.87. The predicted molar refractivity (Wildman–Crippen MR) is 77.5 cm³/mol. The molecule has 5 heteroatoms. The Kier molecular flexibility index (Phi) is 3.55. The first-order chi connectivity index (χ1) is 9.04. The molecule has 2 N–H and O–H groups in total. The highest BCUT2D eigenvalue weighted by Gasteiger charge is 2.14. The van der Waals surface area contributed by atoms with Gasteiger partial charge in [-0.15, -0.1) is 0 Å². The lowest BCUT2D eigenvalue weighted by molar-refractivity contribution is 0.409. The molecule has 0 spiro atoms. The van der Waals surface area contributed by atoms with Crippen LogP contribution in [-0.2, 0) is 0 Å². The first kappa shape index (κ1) is 13.1. The average Bonchev–Trinajstić information content (AvgIpc) is 2.39. The van der Waals surface area contributed by atoms with Gasteiger partial charge in [-0.2, -0.15) is 0 Å². The number of ether oxygens (including phenoxy) is 1. The van der Waals surface area contributed by atoms with E-state index in [9.17, 15) is 0 Å². The van der Waals surface area contributed by atoms with Gasteiger partial charge in [-0.25, -0.2) is 9.97 Å². The Balaban J connectivity index is 2.65. The molecule has 2 aromatic rings. The molecule has 0 aromatic carbocycles. The van der Waals surface area contributed by atoms with Crippen LogP contribution < -0.4 is 15.4 Å². The van der Waals surface area contributed by atoms with Crippen molar-refractivity contribution in [2.24, 2.45) is 0 Å². The van der Waals surface area contributed by atoms with Gasteiger partial charge in [0.1, 0.15) is 17.4 Å². The largest absolute Gasteiger partial charge is 0.495 e. The molecule has 2 heterocycles. The standard InChI is InChI=1S/C14H18N4O/c1-9-12(19-4)8-11(13(15)17-9)10-6-5-7-16-14(10)18(2)3/h5-8H,1-4H3,(H2,15,17). The zero-order valence-electron chi connectivity index (χ0n) is 11.6. The lowest BCUT2D eigenvalue weighted by Crippen LogP contribution is -2.12. The Morgan fingerprint density at radius 2 is 2.00 bits per heavy atom. The van der Waals surface area contributed by atoms with Crippen molar-refractivity contribution in [3.05, 3.63) is 30.1 Å². The van der Waals surface area contributed by atoms with Crippen LogP contribution in [0.15, 0.2) is 24.4 Å². The van der Waals surface area contributed by atoms with Crippen LogP contribution in [0.2, 0.25) is 0 Å². The Labute approximate surface area is 113 Å². The van der Waals surface area contributed by atoms with E-state index in [0.29, 0.717) is 5.82 Å². The molecule has 0 radical (unpaired) electrons. The van der Waals surface area contributed by atoms with Crippen LogP contribution in [0.5, 0.6) is 5.75 Å². The number of anilines is 2. The highest BCUT2D eigenvalue weighted by atomic mass is 16.5. The van der Waals surface area contributed by atoms with Gasteiger partial charge in [-0.3, -0.25) is 0 Å². The van der Waals surface area contributed by atoms with Gasteiger partial charge in [0.2, 0.25) is 0 Å². The molecular weight excluding hydrogens is 240 g/mol. The van der Waals surface area contributed by atoms with Gasteiger partial charge >= 0.3 is 0 Å². The van der Waals surface area contributed by atoms with Crippen LogP contribution in [0.1, 0.15) is 5.69 Å². The summed E-state index contributed by atoms with van der Waals surface area (Å²) in [6.07, 6.45) is 1.76. The highest BCUT2D eigenvalue weighted by molar-refractivity contribution is 5.83. The Bertz CT molecular complexity index is 596. The zero-order valence-corrected chi connectivity index (χ0v) is 11.6. The zero-order chi connectivity index (χ0) is 14.0. The van der Waals surface area contributed by atoms with E-state index in [4.69, 9.17) is 10.5 Å². The second kappa shape index (κ2) is 5.14. The van der Waals surface area contributed by atoms with Gasteiger partial charge in [0.15, 0.2) is 0 Å². The van der Waals surface area contributed by atoms with Crippen LogP contribution in [-0.4, -0.2) is 31.2 Å². The number of nitrogens with two attached hydrogens (primary N) is 1. The number of rotatable bonds is 3. The summed E-state index contributed by atoms with van der Waals surface area (Å²) in [5.41, 5.74) is 8.58. The van der Waals surface area contributed by atoms with Crippen molar-refractivity contribution in [3.8, 4) is 16.9 Å². The number of hydrogen-bond acceptors (Lipinski definition) is 5. The summed E-state index contributed by atoms with van der Waals surface area (Å²) in [4.78, 5) is 10.6. The van der Waals surface area contributed by atoms with E-state index in [1.807, 2.05) is 44.1 Å². The van der Waals surface area contributed by atoms with E-state index in [2.05, 4.69) is 9.97 Å². The summed E-state index contributed by atoms with van der Waals surface area (Å²) in [5, 5.41) is 0. The predicted octanol–water partition coefficient (Wildman–Crippen LogP) is 2.11. The molecule has 0 fully saturated rings. The number of methoxy groups -OCH3 is 1. The third kappa shape index (κ3) is 2.45. The van der Waals surface area contributed by atoms with E-state index < -0.39 is 0 Å². The second-order valence-corrected chi connectivity index (χ2v) is 4.48. The van der Waals surface area contributed by atoms with Crippen molar-refractivity contribution in [2.75, 3.05) is 31.8 Å². The molecule has 0 aliphatic carbocycles. The number of aryl methyl sites for hydroxylation is 1. The number of aromatic nitrogens is 2. The highest BCUT2D eigenvalue weighted by Crippen LogP contribution is 2.34. The van der Waals surface area contributed by atoms with Crippen LogP contribution in [0, 0.1) is 6.92 Å². The lowest BCUT2D eigenvalue weighted by Gasteiger charge is -2.17. The summed E-state index contributed by atoms with van der Waals surface area (Å²) >= 11 is 0. The Hall–Kier alpha value is -2.30. The van der Waals surface area contributed by atoms with Crippen LogP contribution >= 0.6 is 0 Å². The van der Waals surface area contributed by atoms with Gasteiger partial charge in [0.05, 0.1) is 12.8 Å². The van der Waals surface area contributed by atoms with Gasteiger partial charge in [-0.1, -0.05) is 0 Å². The molecule has 0 amide bonds. The molecule has 0 unspecified atom stereocenters. The topological polar surface area (TPSA) is 64.3 Å². The minimum Gasteiger partial charge on any atom is -0.495 e. The molecule has 5 nitrogen and oxygen atoms in total. The smallest absolute Gasteiger partial charge is 0.140 e. The Morgan fingerprint density at radius 3 is 2.63 bits per heavy atom. The van der Waals surface area contributed by atoms with Gasteiger partial charge < -0.3 is 15.4 Å². The SMILES string of the molecule is COc1cc(-c2cccnc2N(C)C)c(N)nc1C. The molecule has 0 aliphatic rings. The van der Waals surface area contributed by atoms with Crippen LogP contribution in [0.25, 0.3) is 11.1 Å². The first-order valence-corrected chi connectivity index (χ1v) is 5.98. The fourth-order valence-corrected chi connectivity index (χ4v) is 1.99. The summed E-state index contributed by atoms with van der Waals surface area (Å²) in [5.74, 6) is 2.05. The van der Waals surface area contributed by atoms with Crippen molar-refractivity contribution in [1.29, 1.82) is 0 Å². The minimum atomic E-state index is 0.481. The van der Waals surface area contributed by atoms with Gasteiger partial charge in [0.25, 0.3) is 0 Å². The molecule has 2 aromatic heterocycles. The number of nitrogen functional groups attached to an aromatic ring is 1. The van der Waals surface area contributed by atoms with E-state index in [-0.39, 0.29) is 0 Å². The Morgan fingerprint density at radius 1 is 1.26 bits per heavy atom. The van der Waals surface area contributed by atoms with Crippen molar-refractivity contribution in [3.63, 3.8) is 0 Å². The van der Waals surface area contributed by atoms with E-state index in [1.165, 1.54) is 0 Å². The molecule has 0 aliphatic heterocycles. The monoisotopic (exact) mass is 258 g/mol. The molecule has 19 heavy (non-hydrogen) atoms. The first-order valence-electron chi connectivity index (χ1n) is 5.98. The van der Waals surface area contributed by atoms with Gasteiger partial charge in [0, 0.05) is 31.4 Å². The van der Waals surface area contributed by atoms with Crippen molar-refractivity contribution in [2.45, 2.75) is 6.92 Å². The summed E-state index contributed by atoms with van der Waals surface area (Å²) in [7, 11) is 5.52. The minimum absolute atomic E-state index is 0.481. The van der Waals surface area contributed by atoms with E-state index in [0.717, 1.165) is 28.4 Å². The van der Waals surface area contributed by atoms with E-state index in [1.54, 1.807) is 13.3 Å². The second-order valence-electron chi connectivity index (χ2n) is 4.48. The van der Waals surface area contributed by atoms with Crippen LogP contribution in [0.3, 0.4) is 0 Å². The molecule has 0 saturated carbocycles. The van der Waals surface area contributed by atoms with Crippen molar-refractivity contribution >= 4 is 11.6 Å². The fourth-order valence-electron chi connectivity index (χ4n) is 1.99. The molecule has 0 saturated heterocycles. The van der Waals surface area contributed by atoms with Gasteiger partial charge in [-0.05, 0) is 25.1 Å². The lowest BCUT2D eigenvalue weighted by atomic mass is 10.1. The number of nitrogens with zero attached hydrogens (tertiary/aromatic N) is 3.